The number of halogens is 1. The minimum atomic E-state index is -0.868. The van der Waals surface area contributed by atoms with Crippen LogP contribution in [0.4, 0.5) is 4.39 Å². The molecular weight excluding hydrogens is 278 g/mol. The molecule has 1 aromatic rings. The van der Waals surface area contributed by atoms with E-state index in [1.165, 1.54) is 11.1 Å². The molecule has 1 unspecified atom stereocenters. The number of allylic oxidation sites excluding steroid dienone is 1. The van der Waals surface area contributed by atoms with E-state index < -0.39 is 18.3 Å². The lowest BCUT2D eigenvalue weighted by Gasteiger charge is -2.32. The van der Waals surface area contributed by atoms with Crippen LogP contribution in [-0.4, -0.2) is 18.3 Å². The van der Waals surface area contributed by atoms with Gasteiger partial charge in [0.2, 0.25) is 0 Å². The molecule has 1 atom stereocenters. The van der Waals surface area contributed by atoms with Gasteiger partial charge >= 0.3 is 7.12 Å². The molecule has 3 rings (SSSR count). The molecule has 1 saturated heterocycles. The summed E-state index contributed by atoms with van der Waals surface area (Å²) in [5.41, 5.74) is 2.00. The number of aryl methyl sites for hydroxylation is 1. The Hall–Kier alpha value is -1.13. The van der Waals surface area contributed by atoms with Crippen LogP contribution in [0.15, 0.2) is 35.6 Å². The third kappa shape index (κ3) is 2.52. The SMILES string of the molecule is Cc1cccc(C2CCC2=C(F)B2OC(C)(C)C(C)(C)O2)c1. The molecule has 1 heterocycles. The van der Waals surface area contributed by atoms with Crippen LogP contribution in [0.25, 0.3) is 0 Å². The van der Waals surface area contributed by atoms with E-state index in [0.717, 1.165) is 18.4 Å². The van der Waals surface area contributed by atoms with Gasteiger partial charge in [-0.1, -0.05) is 29.8 Å². The fraction of sp³-hybridized carbons (Fsp3) is 0.556. The van der Waals surface area contributed by atoms with Crippen molar-refractivity contribution in [3.05, 3.63) is 46.7 Å². The Labute approximate surface area is 132 Å². The van der Waals surface area contributed by atoms with Gasteiger partial charge in [-0.25, -0.2) is 4.39 Å². The Bertz CT molecular complexity index is 605. The van der Waals surface area contributed by atoms with Gasteiger partial charge in [-0.3, -0.25) is 0 Å². The molecule has 0 N–H and O–H groups in total. The highest BCUT2D eigenvalue weighted by atomic mass is 19.1. The third-order valence-electron chi connectivity index (χ3n) is 5.33. The molecule has 1 aliphatic carbocycles. The molecule has 2 aliphatic rings. The van der Waals surface area contributed by atoms with E-state index in [-0.39, 0.29) is 11.6 Å². The van der Waals surface area contributed by atoms with Gasteiger partial charge in [0.1, 0.15) is 5.73 Å². The molecule has 0 spiro atoms. The maximum atomic E-state index is 14.9. The van der Waals surface area contributed by atoms with E-state index in [0.29, 0.717) is 0 Å². The van der Waals surface area contributed by atoms with E-state index in [1.807, 2.05) is 33.8 Å². The van der Waals surface area contributed by atoms with Crippen LogP contribution in [0.1, 0.15) is 57.6 Å². The van der Waals surface area contributed by atoms with Gasteiger partial charge in [0.25, 0.3) is 0 Å². The first-order chi connectivity index (χ1) is 10.2. The predicted molar refractivity (Wildman–Crippen MR) is 87.4 cm³/mol. The van der Waals surface area contributed by atoms with E-state index in [2.05, 4.69) is 25.1 Å². The predicted octanol–water partition coefficient (Wildman–Crippen LogP) is 4.73. The average molecular weight is 302 g/mol. The van der Waals surface area contributed by atoms with Crippen molar-refractivity contribution in [2.45, 2.75) is 64.6 Å². The lowest BCUT2D eigenvalue weighted by Crippen LogP contribution is -2.41. The summed E-state index contributed by atoms with van der Waals surface area (Å²) in [6.07, 6.45) is 1.78. The van der Waals surface area contributed by atoms with Gasteiger partial charge in [-0.15, -0.1) is 0 Å². The second-order valence-corrected chi connectivity index (χ2v) is 7.47. The van der Waals surface area contributed by atoms with Crippen molar-refractivity contribution in [3.63, 3.8) is 0 Å². The van der Waals surface area contributed by atoms with Crippen LogP contribution in [0.3, 0.4) is 0 Å². The Morgan fingerprint density at radius 3 is 2.32 bits per heavy atom. The maximum absolute atomic E-state index is 14.9. The molecule has 1 saturated carbocycles. The molecule has 0 aromatic heterocycles. The van der Waals surface area contributed by atoms with Crippen molar-refractivity contribution in [1.82, 2.24) is 0 Å². The van der Waals surface area contributed by atoms with Gasteiger partial charge in [0.05, 0.1) is 11.2 Å². The van der Waals surface area contributed by atoms with Crippen molar-refractivity contribution in [2.75, 3.05) is 0 Å². The van der Waals surface area contributed by atoms with Crippen LogP contribution in [0.2, 0.25) is 0 Å². The zero-order valence-corrected chi connectivity index (χ0v) is 14.1. The molecular formula is C18H24BFO2. The first-order valence-electron chi connectivity index (χ1n) is 8.02. The van der Waals surface area contributed by atoms with Gasteiger partial charge in [-0.2, -0.15) is 0 Å². The lowest BCUT2D eigenvalue weighted by atomic mass is 9.69. The van der Waals surface area contributed by atoms with E-state index in [1.54, 1.807) is 0 Å². The first-order valence-corrected chi connectivity index (χ1v) is 8.02. The minimum Gasteiger partial charge on any atom is -0.398 e. The summed E-state index contributed by atoms with van der Waals surface area (Å²) < 4.78 is 26.6. The van der Waals surface area contributed by atoms with Crippen LogP contribution in [0.5, 0.6) is 0 Å². The molecule has 22 heavy (non-hydrogen) atoms. The third-order valence-corrected chi connectivity index (χ3v) is 5.33. The molecule has 0 amide bonds. The zero-order valence-electron chi connectivity index (χ0n) is 14.1. The van der Waals surface area contributed by atoms with Gasteiger partial charge in [0, 0.05) is 5.92 Å². The quantitative estimate of drug-likeness (QED) is 0.735. The molecule has 0 radical (unpaired) electrons. The van der Waals surface area contributed by atoms with Gasteiger partial charge in [-0.05, 0) is 58.6 Å². The summed E-state index contributed by atoms with van der Waals surface area (Å²) in [6, 6.07) is 8.32. The molecule has 0 bridgehead atoms. The minimum absolute atomic E-state index is 0.166. The maximum Gasteiger partial charge on any atom is 0.525 e. The smallest absolute Gasteiger partial charge is 0.398 e. The first kappa shape index (κ1) is 15.8. The van der Waals surface area contributed by atoms with Crippen molar-refractivity contribution < 1.29 is 13.7 Å². The van der Waals surface area contributed by atoms with E-state index >= 15 is 0 Å². The standard InChI is InChI=1S/C18H24BFO2/c1-12-7-6-8-13(11-12)14-9-10-15(14)16(20)19-21-17(2,3)18(4,5)22-19/h6-8,11,14H,9-10H2,1-5H3. The highest BCUT2D eigenvalue weighted by Crippen LogP contribution is 2.47. The summed E-state index contributed by atoms with van der Waals surface area (Å²) >= 11 is 0. The summed E-state index contributed by atoms with van der Waals surface area (Å²) in [4.78, 5) is 0. The average Bonchev–Trinajstić information content (AvgIpc) is 2.57. The molecule has 118 valence electrons. The van der Waals surface area contributed by atoms with Crippen molar-refractivity contribution in [1.29, 1.82) is 0 Å². The Morgan fingerprint density at radius 1 is 1.18 bits per heavy atom. The van der Waals surface area contributed by atoms with Crippen molar-refractivity contribution >= 4 is 7.12 Å². The van der Waals surface area contributed by atoms with Crippen molar-refractivity contribution in [2.24, 2.45) is 0 Å². The van der Waals surface area contributed by atoms with Crippen LogP contribution in [-0.2, 0) is 9.31 Å². The van der Waals surface area contributed by atoms with Gasteiger partial charge in [0.15, 0.2) is 0 Å². The van der Waals surface area contributed by atoms with Crippen LogP contribution >= 0.6 is 0 Å². The second-order valence-electron chi connectivity index (χ2n) is 7.47. The number of benzene rings is 1. The summed E-state index contributed by atoms with van der Waals surface area (Å²) in [6.45, 7) is 9.86. The second kappa shape index (κ2) is 5.21. The fourth-order valence-corrected chi connectivity index (χ4v) is 3.07. The molecule has 4 heteroatoms. The molecule has 1 aliphatic heterocycles. The lowest BCUT2D eigenvalue weighted by molar-refractivity contribution is 0.00578. The van der Waals surface area contributed by atoms with E-state index in [9.17, 15) is 4.39 Å². The summed E-state index contributed by atoms with van der Waals surface area (Å²) in [7, 11) is -0.868. The van der Waals surface area contributed by atoms with Crippen LogP contribution in [0, 0.1) is 6.92 Å². The topological polar surface area (TPSA) is 18.5 Å². The monoisotopic (exact) mass is 302 g/mol. The van der Waals surface area contributed by atoms with Crippen molar-refractivity contribution in [3.8, 4) is 0 Å². The highest BCUT2D eigenvalue weighted by Gasteiger charge is 2.54. The van der Waals surface area contributed by atoms with Gasteiger partial charge < -0.3 is 9.31 Å². The molecule has 1 aromatic carbocycles. The summed E-state index contributed by atoms with van der Waals surface area (Å²) in [5, 5.41) is 0. The summed E-state index contributed by atoms with van der Waals surface area (Å²) in [5.74, 6) is 0.166. The number of rotatable bonds is 2. The molecule has 2 nitrogen and oxygen atoms in total. The fourth-order valence-electron chi connectivity index (χ4n) is 3.07. The van der Waals surface area contributed by atoms with Crippen LogP contribution < -0.4 is 0 Å². The largest absolute Gasteiger partial charge is 0.525 e. The normalized spacial score (nSPS) is 28.5. The zero-order chi connectivity index (χ0) is 16.1. The Kier molecular flexibility index (Phi) is 3.73. The Morgan fingerprint density at radius 2 is 1.82 bits per heavy atom. The molecule has 2 fully saturated rings. The number of hydrogen-bond acceptors (Lipinski definition) is 2. The highest BCUT2D eigenvalue weighted by molar-refractivity contribution is 6.54. The number of hydrogen-bond donors (Lipinski definition) is 0. The van der Waals surface area contributed by atoms with E-state index in [4.69, 9.17) is 9.31 Å². The Balaban J connectivity index is 1.85.